The summed E-state index contributed by atoms with van der Waals surface area (Å²) in [4.78, 5) is 98.2. The Morgan fingerprint density at radius 3 is 1.63 bits per heavy atom. The molecule has 2 aliphatic carbocycles. The molecular formula is C48H58N8O9. The Labute approximate surface area is 377 Å². The number of hydrogen-bond donors (Lipinski definition) is 5. The lowest BCUT2D eigenvalue weighted by molar-refractivity contribution is -0.130. The summed E-state index contributed by atoms with van der Waals surface area (Å²) >= 11 is 0. The first kappa shape index (κ1) is 46.3. The summed E-state index contributed by atoms with van der Waals surface area (Å²) < 4.78 is 10.8. The summed E-state index contributed by atoms with van der Waals surface area (Å²) in [5.41, 5.74) is 7.84. The van der Waals surface area contributed by atoms with Crippen molar-refractivity contribution in [3.63, 3.8) is 0 Å². The zero-order valence-electron chi connectivity index (χ0n) is 37.3. The highest BCUT2D eigenvalue weighted by Gasteiger charge is 2.42. The molecule has 4 fully saturated rings. The molecule has 6 N–H and O–H groups in total. The molecule has 2 saturated carbocycles. The van der Waals surface area contributed by atoms with Crippen LogP contribution in [0.15, 0.2) is 48.5 Å². The number of nitrogens with zero attached hydrogens (tertiary/aromatic N) is 3. The largest absolute Gasteiger partial charge is 0.496 e. The number of ketones is 2. The molecular weight excluding hydrogens is 833 g/mol. The standard InChI is InChI=1S/C24H30N4O5.C24H28N4O4/c1-13-9-19(23(31)27-17(22(25)30)10-14-5-3-7-20(14)29)28(12-13)24(32)18-11-15-16(26-18)6-4-8-21(15)33-2;1-14-9-20(23(30)26-16(12-25)10-15-5-3-7-21(15)29)28(13-14)24(31)19-11-17-18(27-19)6-4-8-22(17)32-2/h4,6,8,11,13-14,17,19,26H,3,5,7,9-10,12H2,1-2H3,(H2,25,30)(H,27,31);4,6,8,11,14-16,20,27H,3,5,7,9-10,13H2,1-2H3,(H,26,30)/t13-,14+,17+,19+;14-,15+,16+,20+/m11/s1. The monoisotopic (exact) mass is 890 g/mol. The van der Waals surface area contributed by atoms with Gasteiger partial charge in [0.05, 0.1) is 20.3 Å². The fourth-order valence-electron chi connectivity index (χ4n) is 9.96. The maximum Gasteiger partial charge on any atom is 0.270 e. The first-order valence-electron chi connectivity index (χ1n) is 22.5. The van der Waals surface area contributed by atoms with Crippen molar-refractivity contribution < 1.29 is 43.0 Å². The van der Waals surface area contributed by atoms with E-state index in [9.17, 15) is 38.8 Å². The maximum atomic E-state index is 13.4. The number of aromatic nitrogens is 2. The van der Waals surface area contributed by atoms with Gasteiger partial charge in [0.25, 0.3) is 11.8 Å². The van der Waals surface area contributed by atoms with Crippen LogP contribution in [0.4, 0.5) is 0 Å². The number of H-pyrrole nitrogens is 2. The van der Waals surface area contributed by atoms with E-state index in [0.717, 1.165) is 41.1 Å². The lowest BCUT2D eigenvalue weighted by Crippen LogP contribution is -2.53. The molecule has 0 bridgehead atoms. The van der Waals surface area contributed by atoms with E-state index in [2.05, 4.69) is 26.7 Å². The summed E-state index contributed by atoms with van der Waals surface area (Å²) in [7, 11) is 3.15. The van der Waals surface area contributed by atoms with Crippen LogP contribution in [0.3, 0.4) is 0 Å². The smallest absolute Gasteiger partial charge is 0.270 e. The van der Waals surface area contributed by atoms with Crippen molar-refractivity contribution in [2.24, 2.45) is 29.4 Å². The van der Waals surface area contributed by atoms with Gasteiger partial charge in [-0.3, -0.25) is 33.6 Å². The van der Waals surface area contributed by atoms with Crippen molar-refractivity contribution in [1.82, 2.24) is 30.4 Å². The molecule has 17 nitrogen and oxygen atoms in total. The molecule has 5 amide bonds. The topological polar surface area (TPSA) is 250 Å². The molecule has 8 atom stereocenters. The Morgan fingerprint density at radius 1 is 0.754 bits per heavy atom. The summed E-state index contributed by atoms with van der Waals surface area (Å²) in [6.45, 7) is 4.86. The number of methoxy groups -OCH3 is 2. The van der Waals surface area contributed by atoms with E-state index < -0.39 is 36.0 Å². The minimum absolute atomic E-state index is 0.107. The summed E-state index contributed by atoms with van der Waals surface area (Å²) in [5.74, 6) is -0.539. The zero-order chi connectivity index (χ0) is 46.5. The first-order chi connectivity index (χ1) is 31.2. The van der Waals surface area contributed by atoms with Crippen LogP contribution in [-0.4, -0.2) is 112 Å². The second-order valence-electron chi connectivity index (χ2n) is 18.1. The van der Waals surface area contributed by atoms with Crippen molar-refractivity contribution >= 4 is 62.9 Å². The van der Waals surface area contributed by atoms with E-state index in [1.807, 2.05) is 50.2 Å². The third kappa shape index (κ3) is 10.2. The van der Waals surface area contributed by atoms with Gasteiger partial charge in [-0.05, 0) is 99.6 Å². The van der Waals surface area contributed by atoms with Crippen LogP contribution in [0.2, 0.25) is 0 Å². The van der Waals surface area contributed by atoms with Gasteiger partial charge in [0.15, 0.2) is 0 Å². The van der Waals surface area contributed by atoms with E-state index in [4.69, 9.17) is 15.2 Å². The number of amides is 5. The summed E-state index contributed by atoms with van der Waals surface area (Å²) in [6, 6.07) is 13.6. The molecule has 4 heterocycles. The van der Waals surface area contributed by atoms with E-state index in [1.54, 1.807) is 31.3 Å². The Kier molecular flexibility index (Phi) is 14.2. The van der Waals surface area contributed by atoms with Crippen molar-refractivity contribution in [2.45, 2.75) is 102 Å². The van der Waals surface area contributed by atoms with Gasteiger partial charge in [0.1, 0.15) is 58.6 Å². The number of rotatable bonds is 13. The minimum Gasteiger partial charge on any atom is -0.496 e. The molecule has 2 aromatic heterocycles. The number of nitrogens with one attached hydrogen (secondary N) is 4. The van der Waals surface area contributed by atoms with Gasteiger partial charge in [-0.1, -0.05) is 26.0 Å². The quantitative estimate of drug-likeness (QED) is 0.125. The summed E-state index contributed by atoms with van der Waals surface area (Å²) in [6.07, 6.45) is 5.70. The number of likely N-dealkylation sites (tertiary alicyclic amines) is 2. The molecule has 2 aromatic carbocycles. The third-order valence-corrected chi connectivity index (χ3v) is 13.3. The number of ether oxygens (including phenoxy) is 2. The molecule has 2 aliphatic heterocycles. The van der Waals surface area contributed by atoms with E-state index in [-0.39, 0.29) is 59.4 Å². The molecule has 4 aliphatic rings. The number of aromatic amines is 2. The van der Waals surface area contributed by atoms with E-state index in [0.29, 0.717) is 74.5 Å². The van der Waals surface area contributed by atoms with Crippen LogP contribution in [0.25, 0.3) is 21.8 Å². The summed E-state index contributed by atoms with van der Waals surface area (Å²) in [5, 5.41) is 16.6. The van der Waals surface area contributed by atoms with Crippen molar-refractivity contribution in [3.05, 3.63) is 59.9 Å². The van der Waals surface area contributed by atoms with Crippen molar-refractivity contribution in [1.29, 1.82) is 5.26 Å². The van der Waals surface area contributed by atoms with Crippen LogP contribution < -0.4 is 25.8 Å². The maximum absolute atomic E-state index is 13.4. The molecule has 0 radical (unpaired) electrons. The number of benzene rings is 2. The average molecular weight is 891 g/mol. The predicted octanol–water partition coefficient (Wildman–Crippen LogP) is 4.55. The fraction of sp³-hybridized carbons (Fsp3) is 0.500. The second kappa shape index (κ2) is 20.0. The SMILES string of the molecule is COc1cccc2[nH]c(C(=O)N3C[C@H](C)C[C@H]3C(=O)N[C@@H](C[C@@H]3CCCC3=O)C(N)=O)cc12.COc1cccc2[nH]c(C(=O)N3C[C@H](C)C[C@H]3C(=O)N[C@H](C#N)C[C@@H]3CCCC3=O)cc12. The Hall–Kier alpha value is -6.70. The van der Waals surface area contributed by atoms with Gasteiger partial charge in [0, 0.05) is 59.6 Å². The average Bonchev–Trinajstić information content (AvgIpc) is 4.17. The molecule has 8 rings (SSSR count). The normalized spacial score (nSPS) is 23.7. The fourth-order valence-corrected chi connectivity index (χ4v) is 9.96. The van der Waals surface area contributed by atoms with Gasteiger partial charge in [-0.25, -0.2) is 0 Å². The number of Topliss-reactive ketones (excluding diaryl/α,β-unsaturated/α-hetero) is 2. The van der Waals surface area contributed by atoms with Gasteiger partial charge in [0.2, 0.25) is 17.7 Å². The molecule has 4 aromatic rings. The molecule has 344 valence electrons. The highest BCUT2D eigenvalue weighted by atomic mass is 16.5. The van der Waals surface area contributed by atoms with Crippen molar-refractivity contribution in [3.8, 4) is 17.6 Å². The Balaban J connectivity index is 0.000000194. The molecule has 2 saturated heterocycles. The van der Waals surface area contributed by atoms with Crippen LogP contribution in [0.5, 0.6) is 11.5 Å². The number of carbonyl (C=O) groups excluding carboxylic acids is 7. The molecule has 65 heavy (non-hydrogen) atoms. The van der Waals surface area contributed by atoms with Gasteiger partial charge in [-0.2, -0.15) is 5.26 Å². The number of primary amides is 1. The Bertz CT molecular complexity index is 2520. The van der Waals surface area contributed by atoms with E-state index in [1.165, 1.54) is 4.90 Å². The van der Waals surface area contributed by atoms with Crippen LogP contribution >= 0.6 is 0 Å². The van der Waals surface area contributed by atoms with Gasteiger partial charge >= 0.3 is 0 Å². The number of hydrogen-bond acceptors (Lipinski definition) is 10. The van der Waals surface area contributed by atoms with Crippen molar-refractivity contribution in [2.75, 3.05) is 27.3 Å². The molecule has 0 spiro atoms. The predicted molar refractivity (Wildman–Crippen MR) is 240 cm³/mol. The second-order valence-corrected chi connectivity index (χ2v) is 18.1. The van der Waals surface area contributed by atoms with E-state index >= 15 is 0 Å². The molecule has 17 heteroatoms. The lowest BCUT2D eigenvalue weighted by Gasteiger charge is -2.26. The Morgan fingerprint density at radius 2 is 1.22 bits per heavy atom. The van der Waals surface area contributed by atoms with Gasteiger partial charge in [-0.15, -0.1) is 0 Å². The van der Waals surface area contributed by atoms with Crippen LogP contribution in [0, 0.1) is 35.0 Å². The number of nitriles is 1. The van der Waals surface area contributed by atoms with Crippen LogP contribution in [0.1, 0.15) is 99.0 Å². The highest BCUT2D eigenvalue weighted by Crippen LogP contribution is 2.33. The minimum atomic E-state index is -0.935. The molecule has 0 unspecified atom stereocenters. The number of nitrogens with two attached hydrogens (primary N) is 1. The van der Waals surface area contributed by atoms with Crippen LogP contribution in [-0.2, 0) is 24.0 Å². The lowest BCUT2D eigenvalue weighted by atomic mass is 9.96. The first-order valence-corrected chi connectivity index (χ1v) is 22.5. The number of fused-ring (bicyclic) bond motifs is 2. The zero-order valence-corrected chi connectivity index (χ0v) is 37.3. The highest BCUT2D eigenvalue weighted by molar-refractivity contribution is 6.03. The third-order valence-electron chi connectivity index (χ3n) is 13.3. The van der Waals surface area contributed by atoms with Gasteiger partial charge < -0.3 is 45.6 Å². The number of carbonyl (C=O) groups is 7.